The Balaban J connectivity index is 2.32. The summed E-state index contributed by atoms with van der Waals surface area (Å²) in [6.45, 7) is 0. The van der Waals surface area contributed by atoms with Gasteiger partial charge in [0.05, 0.1) is 0 Å². The third-order valence-electron chi connectivity index (χ3n) is 3.96. The average molecular weight is 365 g/mol. The molecule has 3 rings (SSSR count). The Bertz CT molecular complexity index is 674. The van der Waals surface area contributed by atoms with Gasteiger partial charge in [0.1, 0.15) is 0 Å². The molecule has 0 aromatic heterocycles. The maximum absolute atomic E-state index is 11.8. The van der Waals surface area contributed by atoms with Crippen LogP contribution in [0.3, 0.4) is 0 Å². The van der Waals surface area contributed by atoms with Crippen molar-refractivity contribution >= 4 is 32.6 Å². The molecular formula is C20H18AsO2+. The number of hydrogen-bond donors (Lipinski definition) is 1. The zero-order valence-corrected chi connectivity index (χ0v) is 14.5. The van der Waals surface area contributed by atoms with Gasteiger partial charge in [-0.3, -0.25) is 0 Å². The van der Waals surface area contributed by atoms with Gasteiger partial charge in [-0.25, -0.2) is 0 Å². The van der Waals surface area contributed by atoms with Crippen LogP contribution in [0, 0.1) is 0 Å². The molecule has 0 spiro atoms. The molecule has 0 atom stereocenters. The normalized spacial score (nSPS) is 11.1. The standard InChI is InChI=1S/C20H17AsO2/c22-20(23)16-21(17-10-4-1-5-11-17,18-12-6-2-7-13-18)19-14-8-3-9-15-19/h1-15H,16H2/p+1. The second kappa shape index (κ2) is 6.85. The molecule has 0 unspecified atom stereocenters. The van der Waals surface area contributed by atoms with Crippen LogP contribution < -0.4 is 13.1 Å². The minimum absolute atomic E-state index is 0.177. The van der Waals surface area contributed by atoms with Crippen molar-refractivity contribution in [1.29, 1.82) is 0 Å². The molecule has 3 aromatic carbocycles. The van der Waals surface area contributed by atoms with Crippen molar-refractivity contribution in [2.45, 2.75) is 5.21 Å². The third-order valence-corrected chi connectivity index (χ3v) is 13.0. The van der Waals surface area contributed by atoms with Crippen LogP contribution in [0.4, 0.5) is 0 Å². The van der Waals surface area contributed by atoms with Gasteiger partial charge in [0.15, 0.2) is 0 Å². The van der Waals surface area contributed by atoms with Crippen LogP contribution in [0.5, 0.6) is 0 Å². The molecule has 2 nitrogen and oxygen atoms in total. The Morgan fingerprint density at radius 2 is 0.957 bits per heavy atom. The molecular weight excluding hydrogens is 347 g/mol. The van der Waals surface area contributed by atoms with Gasteiger partial charge in [0.2, 0.25) is 0 Å². The molecule has 0 saturated heterocycles. The fourth-order valence-corrected chi connectivity index (χ4v) is 11.1. The Hall–Kier alpha value is -2.31. The Labute approximate surface area is 138 Å². The molecule has 3 heteroatoms. The molecule has 0 aliphatic carbocycles. The van der Waals surface area contributed by atoms with Crippen LogP contribution in [0.15, 0.2) is 91.0 Å². The van der Waals surface area contributed by atoms with E-state index in [2.05, 4.69) is 36.4 Å². The number of aliphatic carboxylic acids is 1. The van der Waals surface area contributed by atoms with Crippen molar-refractivity contribution in [3.63, 3.8) is 0 Å². The van der Waals surface area contributed by atoms with Crippen LogP contribution in [0.25, 0.3) is 0 Å². The number of hydrogen-bond acceptors (Lipinski definition) is 1. The van der Waals surface area contributed by atoms with E-state index >= 15 is 0 Å². The summed E-state index contributed by atoms with van der Waals surface area (Å²) in [5.74, 6) is -0.742. The van der Waals surface area contributed by atoms with Gasteiger partial charge in [0.25, 0.3) is 0 Å². The monoisotopic (exact) mass is 365 g/mol. The second-order valence-electron chi connectivity index (χ2n) is 5.37. The van der Waals surface area contributed by atoms with Gasteiger partial charge in [-0.1, -0.05) is 0 Å². The van der Waals surface area contributed by atoms with Crippen molar-refractivity contribution in [3.05, 3.63) is 91.0 Å². The predicted octanol–water partition coefficient (Wildman–Crippen LogP) is 2.24. The van der Waals surface area contributed by atoms with Crippen LogP contribution in [-0.2, 0) is 4.79 Å². The van der Waals surface area contributed by atoms with Crippen molar-refractivity contribution in [2.24, 2.45) is 0 Å². The second-order valence-corrected chi connectivity index (χ2v) is 12.7. The molecule has 0 aliphatic heterocycles. The molecule has 0 amide bonds. The number of rotatable bonds is 5. The van der Waals surface area contributed by atoms with Crippen LogP contribution in [0.2, 0.25) is 5.21 Å². The first-order valence-electron chi connectivity index (χ1n) is 7.50. The summed E-state index contributed by atoms with van der Waals surface area (Å²) in [5, 5.41) is 9.85. The first-order chi connectivity index (χ1) is 11.2. The maximum atomic E-state index is 11.8. The molecule has 23 heavy (non-hydrogen) atoms. The van der Waals surface area contributed by atoms with Gasteiger partial charge >= 0.3 is 139 Å². The van der Waals surface area contributed by atoms with E-state index in [1.54, 1.807) is 0 Å². The van der Waals surface area contributed by atoms with Crippen molar-refractivity contribution in [1.82, 2.24) is 0 Å². The van der Waals surface area contributed by atoms with E-state index in [4.69, 9.17) is 0 Å². The van der Waals surface area contributed by atoms with Crippen LogP contribution in [-0.4, -0.2) is 24.6 Å². The van der Waals surface area contributed by atoms with E-state index < -0.39 is 19.5 Å². The topological polar surface area (TPSA) is 37.3 Å². The van der Waals surface area contributed by atoms with Gasteiger partial charge in [-0.05, 0) is 0 Å². The Morgan fingerprint density at radius 1 is 0.652 bits per heavy atom. The summed E-state index contributed by atoms with van der Waals surface area (Å²) in [5.41, 5.74) is 0. The summed E-state index contributed by atoms with van der Waals surface area (Å²) in [6.07, 6.45) is 0. The van der Waals surface area contributed by atoms with Gasteiger partial charge < -0.3 is 0 Å². The summed E-state index contributed by atoms with van der Waals surface area (Å²) in [6, 6.07) is 30.4. The van der Waals surface area contributed by atoms with E-state index in [1.165, 1.54) is 0 Å². The SMILES string of the molecule is O=C(O)C[As+](c1ccccc1)(c1ccccc1)c1ccccc1. The molecule has 1 N–H and O–H groups in total. The van der Waals surface area contributed by atoms with E-state index in [0.29, 0.717) is 0 Å². The minimum atomic E-state index is -3.03. The van der Waals surface area contributed by atoms with Gasteiger partial charge in [0, 0.05) is 0 Å². The van der Waals surface area contributed by atoms with Gasteiger partial charge in [-0.15, -0.1) is 0 Å². The molecule has 0 fully saturated rings. The van der Waals surface area contributed by atoms with E-state index in [-0.39, 0.29) is 5.21 Å². The van der Waals surface area contributed by atoms with E-state index in [1.807, 2.05) is 54.6 Å². The Morgan fingerprint density at radius 3 is 1.22 bits per heavy atom. The summed E-state index contributed by atoms with van der Waals surface area (Å²) in [4.78, 5) is 11.8. The molecule has 3 aromatic rings. The molecule has 0 radical (unpaired) electrons. The molecule has 0 saturated carbocycles. The van der Waals surface area contributed by atoms with Crippen molar-refractivity contribution in [3.8, 4) is 0 Å². The number of carboxylic acid groups (broad SMARTS) is 1. The summed E-state index contributed by atoms with van der Waals surface area (Å²) in [7, 11) is 0. The van der Waals surface area contributed by atoms with E-state index in [0.717, 1.165) is 13.1 Å². The quantitative estimate of drug-likeness (QED) is 0.705. The molecule has 0 aliphatic rings. The van der Waals surface area contributed by atoms with E-state index in [9.17, 15) is 9.90 Å². The third kappa shape index (κ3) is 3.08. The van der Waals surface area contributed by atoms with Crippen molar-refractivity contribution < 1.29 is 9.90 Å². The zero-order valence-electron chi connectivity index (χ0n) is 12.7. The summed E-state index contributed by atoms with van der Waals surface area (Å²) < 4.78 is 3.47. The van der Waals surface area contributed by atoms with Gasteiger partial charge in [-0.2, -0.15) is 0 Å². The van der Waals surface area contributed by atoms with Crippen molar-refractivity contribution in [2.75, 3.05) is 0 Å². The average Bonchev–Trinajstić information content (AvgIpc) is 2.62. The first kappa shape index (κ1) is 15.6. The molecule has 114 valence electrons. The predicted molar refractivity (Wildman–Crippen MR) is 96.4 cm³/mol. The fraction of sp³-hybridized carbons (Fsp3) is 0.0500. The first-order valence-corrected chi connectivity index (χ1v) is 11.6. The molecule has 0 bridgehead atoms. The fourth-order valence-electron chi connectivity index (χ4n) is 2.97. The number of carboxylic acids is 1. The number of carbonyl (C=O) groups is 1. The van der Waals surface area contributed by atoms with Crippen LogP contribution in [0.1, 0.15) is 0 Å². The Kier molecular flexibility index (Phi) is 4.64. The number of benzene rings is 3. The summed E-state index contributed by atoms with van der Waals surface area (Å²) >= 11 is -3.03. The van der Waals surface area contributed by atoms with Crippen LogP contribution >= 0.6 is 0 Å². The molecule has 0 heterocycles. The zero-order chi connectivity index (χ0) is 16.1.